The first-order valence-electron chi connectivity index (χ1n) is 6.53. The molecule has 0 amide bonds. The number of allylic oxidation sites excluding steroid dienone is 1. The molecule has 0 saturated heterocycles. The minimum atomic E-state index is -0.205. The van der Waals surface area contributed by atoms with Crippen LogP contribution in [-0.4, -0.2) is 7.05 Å². The Morgan fingerprint density at radius 1 is 1.28 bits per heavy atom. The number of halogens is 2. The predicted molar refractivity (Wildman–Crippen MR) is 77.1 cm³/mol. The molecular weight excluding hydrogens is 293 g/mol. The van der Waals surface area contributed by atoms with Gasteiger partial charge in [0, 0.05) is 0 Å². The lowest BCUT2D eigenvalue weighted by Crippen LogP contribution is -2.18. The fourth-order valence-electron chi connectivity index (χ4n) is 2.56. The van der Waals surface area contributed by atoms with Gasteiger partial charge in [0.2, 0.25) is 0 Å². The lowest BCUT2D eigenvalue weighted by atomic mass is 9.95. The third kappa shape index (κ3) is 3.21. The zero-order valence-electron chi connectivity index (χ0n) is 10.7. The number of rotatable bonds is 3. The van der Waals surface area contributed by atoms with Gasteiger partial charge < -0.3 is 5.32 Å². The summed E-state index contributed by atoms with van der Waals surface area (Å²) >= 11 is 3.26. The van der Waals surface area contributed by atoms with E-state index in [2.05, 4.69) is 27.3 Å². The van der Waals surface area contributed by atoms with E-state index in [9.17, 15) is 4.39 Å². The van der Waals surface area contributed by atoms with Crippen LogP contribution < -0.4 is 5.32 Å². The van der Waals surface area contributed by atoms with Gasteiger partial charge >= 0.3 is 0 Å². The first-order valence-corrected chi connectivity index (χ1v) is 7.33. The summed E-state index contributed by atoms with van der Waals surface area (Å²) in [6.07, 6.45) is 8.50. The van der Waals surface area contributed by atoms with Gasteiger partial charge in [0.15, 0.2) is 0 Å². The highest BCUT2D eigenvalue weighted by Gasteiger charge is 2.16. The fraction of sp³-hybridized carbons (Fsp3) is 0.467. The Morgan fingerprint density at radius 2 is 2.11 bits per heavy atom. The van der Waals surface area contributed by atoms with Crippen LogP contribution >= 0.6 is 15.9 Å². The van der Waals surface area contributed by atoms with Crippen molar-refractivity contribution in [3.63, 3.8) is 0 Å². The van der Waals surface area contributed by atoms with Gasteiger partial charge in [-0.3, -0.25) is 0 Å². The summed E-state index contributed by atoms with van der Waals surface area (Å²) in [5.74, 6) is -0.205. The van der Waals surface area contributed by atoms with E-state index in [-0.39, 0.29) is 11.9 Å². The van der Waals surface area contributed by atoms with Crippen molar-refractivity contribution in [2.24, 2.45) is 0 Å². The second kappa shape index (κ2) is 6.48. The van der Waals surface area contributed by atoms with E-state index in [4.69, 9.17) is 0 Å². The van der Waals surface area contributed by atoms with Gasteiger partial charge in [-0.25, -0.2) is 4.39 Å². The lowest BCUT2D eigenvalue weighted by molar-refractivity contribution is 0.608. The lowest BCUT2D eigenvalue weighted by Gasteiger charge is -2.20. The summed E-state index contributed by atoms with van der Waals surface area (Å²) in [6.45, 7) is 0. The molecule has 0 spiro atoms. The molecule has 1 aliphatic carbocycles. The zero-order valence-corrected chi connectivity index (χ0v) is 12.3. The van der Waals surface area contributed by atoms with E-state index in [1.165, 1.54) is 30.9 Å². The van der Waals surface area contributed by atoms with Crippen LogP contribution in [0.5, 0.6) is 0 Å². The second-order valence-corrected chi connectivity index (χ2v) is 5.63. The molecule has 0 aliphatic heterocycles. The molecular formula is C15H19BrFN. The Balaban J connectivity index is 2.26. The molecule has 0 radical (unpaired) electrons. The number of nitrogens with one attached hydrogen (secondary N) is 1. The number of benzene rings is 1. The topological polar surface area (TPSA) is 12.0 Å². The highest BCUT2D eigenvalue weighted by atomic mass is 79.9. The van der Waals surface area contributed by atoms with E-state index in [0.717, 1.165) is 18.4 Å². The molecule has 0 bridgehead atoms. The van der Waals surface area contributed by atoms with Crippen LogP contribution in [0.4, 0.5) is 4.39 Å². The van der Waals surface area contributed by atoms with Crippen molar-refractivity contribution in [3.05, 3.63) is 45.7 Å². The normalized spacial score (nSPS) is 18.1. The summed E-state index contributed by atoms with van der Waals surface area (Å²) in [7, 11) is 1.97. The van der Waals surface area contributed by atoms with Crippen molar-refractivity contribution in [2.75, 3.05) is 7.05 Å². The molecule has 0 fully saturated rings. The van der Waals surface area contributed by atoms with Crippen LogP contribution in [-0.2, 0) is 0 Å². The average molecular weight is 312 g/mol. The van der Waals surface area contributed by atoms with Crippen LogP contribution in [0.15, 0.2) is 34.3 Å². The van der Waals surface area contributed by atoms with Crippen LogP contribution in [0.3, 0.4) is 0 Å². The fourth-order valence-corrected chi connectivity index (χ4v) is 2.96. The first-order chi connectivity index (χ1) is 8.72. The summed E-state index contributed by atoms with van der Waals surface area (Å²) in [6, 6.07) is 5.48. The van der Waals surface area contributed by atoms with Crippen molar-refractivity contribution in [1.29, 1.82) is 0 Å². The van der Waals surface area contributed by atoms with Crippen molar-refractivity contribution in [2.45, 2.75) is 38.1 Å². The Labute approximate surface area is 117 Å². The van der Waals surface area contributed by atoms with Gasteiger partial charge in [-0.15, -0.1) is 0 Å². The smallest absolute Gasteiger partial charge is 0.137 e. The van der Waals surface area contributed by atoms with Gasteiger partial charge in [0.25, 0.3) is 0 Å². The van der Waals surface area contributed by atoms with Crippen LogP contribution in [0.25, 0.3) is 0 Å². The van der Waals surface area contributed by atoms with Gasteiger partial charge in [-0.1, -0.05) is 24.1 Å². The summed E-state index contributed by atoms with van der Waals surface area (Å²) in [4.78, 5) is 0. The van der Waals surface area contributed by atoms with Crippen molar-refractivity contribution in [3.8, 4) is 0 Å². The number of hydrogen-bond donors (Lipinski definition) is 1. The SMILES string of the molecule is CNC(C1=CCCCCC1)c1ccc(F)c(Br)c1. The minimum absolute atomic E-state index is 0.205. The first kappa shape index (κ1) is 13.8. The molecule has 1 aliphatic rings. The Kier molecular flexibility index (Phi) is 4.95. The number of hydrogen-bond acceptors (Lipinski definition) is 1. The van der Waals surface area contributed by atoms with Crippen molar-refractivity contribution < 1.29 is 4.39 Å². The molecule has 0 heterocycles. The molecule has 0 aromatic heterocycles. The maximum atomic E-state index is 13.3. The molecule has 18 heavy (non-hydrogen) atoms. The highest BCUT2D eigenvalue weighted by Crippen LogP contribution is 2.30. The maximum absolute atomic E-state index is 13.3. The summed E-state index contributed by atoms with van der Waals surface area (Å²) in [5.41, 5.74) is 2.56. The maximum Gasteiger partial charge on any atom is 0.137 e. The molecule has 98 valence electrons. The minimum Gasteiger partial charge on any atom is -0.310 e. The molecule has 1 aromatic carbocycles. The van der Waals surface area contributed by atoms with Gasteiger partial charge in [-0.2, -0.15) is 0 Å². The van der Waals surface area contributed by atoms with Gasteiger partial charge in [0.1, 0.15) is 5.82 Å². The van der Waals surface area contributed by atoms with Gasteiger partial charge in [0.05, 0.1) is 10.5 Å². The Morgan fingerprint density at radius 3 is 2.83 bits per heavy atom. The van der Waals surface area contributed by atoms with Crippen LogP contribution in [0, 0.1) is 5.82 Å². The zero-order chi connectivity index (χ0) is 13.0. The summed E-state index contributed by atoms with van der Waals surface area (Å²) < 4.78 is 13.8. The molecule has 1 aromatic rings. The van der Waals surface area contributed by atoms with Crippen molar-refractivity contribution in [1.82, 2.24) is 5.32 Å². The Bertz CT molecular complexity index is 442. The summed E-state index contributed by atoms with van der Waals surface area (Å²) in [5, 5.41) is 3.35. The van der Waals surface area contributed by atoms with Crippen molar-refractivity contribution >= 4 is 15.9 Å². The molecule has 1 N–H and O–H groups in total. The van der Waals surface area contributed by atoms with E-state index in [1.54, 1.807) is 0 Å². The van der Waals surface area contributed by atoms with E-state index in [1.807, 2.05) is 19.2 Å². The van der Waals surface area contributed by atoms with Gasteiger partial charge in [-0.05, 0) is 66.4 Å². The van der Waals surface area contributed by atoms with E-state index < -0.39 is 0 Å². The van der Waals surface area contributed by atoms with E-state index in [0.29, 0.717) is 4.47 Å². The standard InChI is InChI=1S/C15H19BrFN/c1-18-15(11-6-4-2-3-5-7-11)12-8-9-14(17)13(16)10-12/h6,8-10,15,18H,2-5,7H2,1H3. The average Bonchev–Trinajstić information content (AvgIpc) is 2.64. The van der Waals surface area contributed by atoms with Crippen LogP contribution in [0.1, 0.15) is 43.7 Å². The molecule has 3 heteroatoms. The largest absolute Gasteiger partial charge is 0.310 e. The quantitative estimate of drug-likeness (QED) is 0.795. The third-order valence-corrected chi connectivity index (χ3v) is 4.12. The molecule has 0 saturated carbocycles. The molecule has 1 nitrogen and oxygen atoms in total. The number of likely N-dealkylation sites (N-methyl/N-ethyl adjacent to an activating group) is 1. The second-order valence-electron chi connectivity index (χ2n) is 4.77. The molecule has 1 atom stereocenters. The molecule has 1 unspecified atom stereocenters. The van der Waals surface area contributed by atoms with Crippen LogP contribution in [0.2, 0.25) is 0 Å². The predicted octanol–water partition coefficient (Wildman–Crippen LogP) is 4.74. The molecule has 2 rings (SSSR count). The Hall–Kier alpha value is -0.670. The highest BCUT2D eigenvalue weighted by molar-refractivity contribution is 9.10. The monoisotopic (exact) mass is 311 g/mol. The van der Waals surface area contributed by atoms with E-state index >= 15 is 0 Å². The third-order valence-electron chi connectivity index (χ3n) is 3.51.